The van der Waals surface area contributed by atoms with E-state index in [2.05, 4.69) is 11.8 Å². The lowest BCUT2D eigenvalue weighted by Gasteiger charge is -2.01. The second-order valence-corrected chi connectivity index (χ2v) is 2.63. The Hall–Kier alpha value is -1.13. The number of hydrogen-bond acceptors (Lipinski definition) is 1. The maximum absolute atomic E-state index is 5.82. The van der Waals surface area contributed by atoms with E-state index < -0.39 is 0 Å². The average Bonchev–Trinajstić information content (AvgIpc) is 2.09. The molecule has 0 radical (unpaired) electrons. The molecule has 1 aromatic carbocycles. The molecule has 1 nitrogen and oxygen atoms in total. The number of halogens is 1. The first-order valence-electron chi connectivity index (χ1n) is 3.54. The van der Waals surface area contributed by atoms with E-state index in [1.165, 1.54) is 0 Å². The molecular weight excluding hydrogens is 172 g/mol. The zero-order chi connectivity index (χ0) is 8.97. The molecule has 0 saturated heterocycles. The Morgan fingerprint density at radius 2 is 2.17 bits per heavy atom. The molecule has 1 rings (SSSR count). The Balaban J connectivity index is 3.10. The van der Waals surface area contributed by atoms with E-state index in [9.17, 15) is 0 Å². The molecule has 0 N–H and O–H groups in total. The Morgan fingerprint density at radius 1 is 1.42 bits per heavy atom. The SMILES string of the molecule is CC#Cc1ccc(Cl)c(OC)c1. The van der Waals surface area contributed by atoms with Crippen LogP contribution in [0.25, 0.3) is 0 Å². The molecule has 0 saturated carbocycles. The summed E-state index contributed by atoms with van der Waals surface area (Å²) in [5.41, 5.74) is 0.916. The summed E-state index contributed by atoms with van der Waals surface area (Å²) in [7, 11) is 1.59. The second kappa shape index (κ2) is 4.04. The molecule has 2 heteroatoms. The van der Waals surface area contributed by atoms with Gasteiger partial charge in [0.25, 0.3) is 0 Å². The predicted molar refractivity (Wildman–Crippen MR) is 50.6 cm³/mol. The van der Waals surface area contributed by atoms with Gasteiger partial charge in [-0.2, -0.15) is 0 Å². The van der Waals surface area contributed by atoms with Crippen molar-refractivity contribution in [2.45, 2.75) is 6.92 Å². The summed E-state index contributed by atoms with van der Waals surface area (Å²) in [4.78, 5) is 0. The first-order chi connectivity index (χ1) is 5.77. The Morgan fingerprint density at radius 3 is 2.75 bits per heavy atom. The van der Waals surface area contributed by atoms with Crippen LogP contribution in [0.5, 0.6) is 5.75 Å². The summed E-state index contributed by atoms with van der Waals surface area (Å²) in [5.74, 6) is 6.39. The van der Waals surface area contributed by atoms with Crippen molar-refractivity contribution in [2.24, 2.45) is 0 Å². The molecule has 0 heterocycles. The highest BCUT2D eigenvalue weighted by Crippen LogP contribution is 2.24. The maximum atomic E-state index is 5.82. The highest BCUT2D eigenvalue weighted by Gasteiger charge is 1.98. The average molecular weight is 181 g/mol. The van der Waals surface area contributed by atoms with Crippen LogP contribution in [0.3, 0.4) is 0 Å². The van der Waals surface area contributed by atoms with E-state index in [4.69, 9.17) is 16.3 Å². The van der Waals surface area contributed by atoms with Crippen LogP contribution >= 0.6 is 11.6 Å². The Labute approximate surface area is 77.3 Å². The minimum atomic E-state index is 0.610. The highest BCUT2D eigenvalue weighted by atomic mass is 35.5. The molecule has 62 valence electrons. The van der Waals surface area contributed by atoms with Crippen molar-refractivity contribution >= 4 is 11.6 Å². The summed E-state index contributed by atoms with van der Waals surface area (Å²) in [6.07, 6.45) is 0. The molecule has 0 aliphatic rings. The van der Waals surface area contributed by atoms with E-state index in [1.807, 2.05) is 12.1 Å². The largest absolute Gasteiger partial charge is 0.495 e. The van der Waals surface area contributed by atoms with Gasteiger partial charge in [0.15, 0.2) is 0 Å². The van der Waals surface area contributed by atoms with Gasteiger partial charge >= 0.3 is 0 Å². The zero-order valence-corrected chi connectivity index (χ0v) is 7.77. The third-order valence-corrected chi connectivity index (χ3v) is 1.73. The van der Waals surface area contributed by atoms with Crippen molar-refractivity contribution in [3.63, 3.8) is 0 Å². The van der Waals surface area contributed by atoms with E-state index in [0.29, 0.717) is 10.8 Å². The summed E-state index contributed by atoms with van der Waals surface area (Å²) in [5, 5.41) is 0.610. The Kier molecular flexibility index (Phi) is 3.01. The monoisotopic (exact) mass is 180 g/mol. The van der Waals surface area contributed by atoms with Crippen molar-refractivity contribution in [3.05, 3.63) is 28.8 Å². The summed E-state index contributed by atoms with van der Waals surface area (Å²) in [6, 6.07) is 5.46. The molecule has 1 aromatic rings. The molecule has 0 fully saturated rings. The van der Waals surface area contributed by atoms with Crippen LogP contribution in [0.2, 0.25) is 5.02 Å². The number of rotatable bonds is 1. The van der Waals surface area contributed by atoms with Gasteiger partial charge in [-0.3, -0.25) is 0 Å². The van der Waals surface area contributed by atoms with Crippen molar-refractivity contribution in [3.8, 4) is 17.6 Å². The molecule has 0 aliphatic heterocycles. The molecule has 0 unspecified atom stereocenters. The molecule has 0 spiro atoms. The van der Waals surface area contributed by atoms with Gasteiger partial charge in [-0.05, 0) is 25.1 Å². The second-order valence-electron chi connectivity index (χ2n) is 2.22. The molecule has 12 heavy (non-hydrogen) atoms. The minimum Gasteiger partial charge on any atom is -0.495 e. The van der Waals surface area contributed by atoms with Gasteiger partial charge in [0.05, 0.1) is 12.1 Å². The molecular formula is C10H9ClO. The van der Waals surface area contributed by atoms with E-state index in [-0.39, 0.29) is 0 Å². The van der Waals surface area contributed by atoms with Gasteiger partial charge in [-0.1, -0.05) is 17.5 Å². The summed E-state index contributed by atoms with van der Waals surface area (Å²) in [6.45, 7) is 1.79. The van der Waals surface area contributed by atoms with Crippen LogP contribution in [0.1, 0.15) is 12.5 Å². The first kappa shape index (κ1) is 8.96. The van der Waals surface area contributed by atoms with Crippen LogP contribution in [-0.2, 0) is 0 Å². The van der Waals surface area contributed by atoms with Gasteiger partial charge in [-0.25, -0.2) is 0 Å². The van der Waals surface area contributed by atoms with Gasteiger partial charge in [0, 0.05) is 5.56 Å². The number of methoxy groups -OCH3 is 1. The van der Waals surface area contributed by atoms with Gasteiger partial charge in [-0.15, -0.1) is 5.92 Å². The lowest BCUT2D eigenvalue weighted by atomic mass is 10.2. The lowest BCUT2D eigenvalue weighted by Crippen LogP contribution is -1.84. The van der Waals surface area contributed by atoms with E-state index in [0.717, 1.165) is 5.56 Å². The molecule has 0 amide bonds. The third-order valence-electron chi connectivity index (χ3n) is 1.42. The topological polar surface area (TPSA) is 9.23 Å². The van der Waals surface area contributed by atoms with Crippen molar-refractivity contribution in [1.82, 2.24) is 0 Å². The van der Waals surface area contributed by atoms with Gasteiger partial charge in [0.1, 0.15) is 5.75 Å². The zero-order valence-electron chi connectivity index (χ0n) is 7.02. The van der Waals surface area contributed by atoms with Crippen LogP contribution in [0.15, 0.2) is 18.2 Å². The molecule has 0 aromatic heterocycles. The fourth-order valence-corrected chi connectivity index (χ4v) is 1.08. The van der Waals surface area contributed by atoms with Crippen LogP contribution in [0.4, 0.5) is 0 Å². The van der Waals surface area contributed by atoms with E-state index in [1.54, 1.807) is 20.1 Å². The molecule has 0 aliphatic carbocycles. The fraction of sp³-hybridized carbons (Fsp3) is 0.200. The molecule has 0 bridgehead atoms. The highest BCUT2D eigenvalue weighted by molar-refractivity contribution is 6.32. The number of benzene rings is 1. The minimum absolute atomic E-state index is 0.610. The smallest absolute Gasteiger partial charge is 0.138 e. The summed E-state index contributed by atoms with van der Waals surface area (Å²) < 4.78 is 5.03. The standard InChI is InChI=1S/C10H9ClO/c1-3-4-8-5-6-9(11)10(7-8)12-2/h5-7H,1-2H3. The Bertz CT molecular complexity index is 333. The summed E-state index contributed by atoms with van der Waals surface area (Å²) >= 11 is 5.82. The molecule has 0 atom stereocenters. The van der Waals surface area contributed by atoms with Crippen LogP contribution in [-0.4, -0.2) is 7.11 Å². The van der Waals surface area contributed by atoms with Crippen molar-refractivity contribution in [1.29, 1.82) is 0 Å². The quantitative estimate of drug-likeness (QED) is 0.604. The van der Waals surface area contributed by atoms with Crippen molar-refractivity contribution < 1.29 is 4.74 Å². The van der Waals surface area contributed by atoms with Crippen LogP contribution in [0, 0.1) is 11.8 Å². The third kappa shape index (κ3) is 1.93. The van der Waals surface area contributed by atoms with Crippen LogP contribution < -0.4 is 4.74 Å². The number of ether oxygens (including phenoxy) is 1. The van der Waals surface area contributed by atoms with Crippen molar-refractivity contribution in [2.75, 3.05) is 7.11 Å². The predicted octanol–water partition coefficient (Wildman–Crippen LogP) is 2.72. The fourth-order valence-electron chi connectivity index (χ4n) is 0.882. The van der Waals surface area contributed by atoms with E-state index >= 15 is 0 Å². The van der Waals surface area contributed by atoms with Gasteiger partial charge < -0.3 is 4.74 Å². The lowest BCUT2D eigenvalue weighted by molar-refractivity contribution is 0.415. The first-order valence-corrected chi connectivity index (χ1v) is 3.92. The number of hydrogen-bond donors (Lipinski definition) is 0. The normalized spacial score (nSPS) is 8.58. The van der Waals surface area contributed by atoms with Gasteiger partial charge in [0.2, 0.25) is 0 Å². The maximum Gasteiger partial charge on any atom is 0.138 e.